The smallest absolute Gasteiger partial charge is 0.131 e. The van der Waals surface area contributed by atoms with Crippen LogP contribution in [0.4, 0.5) is 0 Å². The molecular formula is C21H24Cl2O3. The topological polar surface area (TPSA) is 27.7 Å². The van der Waals surface area contributed by atoms with E-state index in [1.807, 2.05) is 56.3 Å². The molecule has 5 heteroatoms. The molecule has 0 bridgehead atoms. The van der Waals surface area contributed by atoms with Crippen molar-refractivity contribution in [3.8, 4) is 23.0 Å². The number of hydrogen-bond acceptors (Lipinski definition) is 3. The molecule has 26 heavy (non-hydrogen) atoms. The number of rotatable bonds is 8. The van der Waals surface area contributed by atoms with Crippen molar-refractivity contribution in [2.75, 3.05) is 6.61 Å². The van der Waals surface area contributed by atoms with Crippen LogP contribution in [0.25, 0.3) is 0 Å². The Balaban J connectivity index is 2.19. The summed E-state index contributed by atoms with van der Waals surface area (Å²) in [6.07, 6.45) is 1.71. The molecule has 2 aromatic carbocycles. The van der Waals surface area contributed by atoms with Gasteiger partial charge in [0.05, 0.1) is 6.10 Å². The van der Waals surface area contributed by atoms with E-state index in [0.29, 0.717) is 6.61 Å². The van der Waals surface area contributed by atoms with E-state index in [0.717, 1.165) is 28.6 Å². The summed E-state index contributed by atoms with van der Waals surface area (Å²) in [6.45, 7) is 8.53. The lowest BCUT2D eigenvalue weighted by Crippen LogP contribution is -2.05. The Morgan fingerprint density at radius 2 is 1.69 bits per heavy atom. The molecule has 0 saturated carbocycles. The number of hydrogen-bond donors (Lipinski definition) is 0. The van der Waals surface area contributed by atoms with E-state index < -0.39 is 0 Å². The average Bonchev–Trinajstić information content (AvgIpc) is 2.55. The minimum absolute atomic E-state index is 0.114. The molecule has 0 aliphatic rings. The second-order valence-corrected chi connectivity index (χ2v) is 7.41. The van der Waals surface area contributed by atoms with Crippen molar-refractivity contribution in [3.63, 3.8) is 0 Å². The van der Waals surface area contributed by atoms with E-state index in [1.165, 1.54) is 0 Å². The highest BCUT2D eigenvalue weighted by molar-refractivity contribution is 6.55. The monoisotopic (exact) mass is 394 g/mol. The van der Waals surface area contributed by atoms with Crippen LogP contribution in [-0.4, -0.2) is 12.7 Å². The SMILES string of the molecule is CC(C)Oc1cccc(Oc2ccc(OCC=C(Cl)Cl)cc2C(C)C)c1. The molecule has 140 valence electrons. The van der Waals surface area contributed by atoms with Gasteiger partial charge >= 0.3 is 0 Å². The fourth-order valence-corrected chi connectivity index (χ4v) is 2.50. The summed E-state index contributed by atoms with van der Waals surface area (Å²) in [6, 6.07) is 13.4. The van der Waals surface area contributed by atoms with E-state index >= 15 is 0 Å². The highest BCUT2D eigenvalue weighted by Gasteiger charge is 2.11. The van der Waals surface area contributed by atoms with Crippen molar-refractivity contribution in [2.24, 2.45) is 0 Å². The Morgan fingerprint density at radius 1 is 0.962 bits per heavy atom. The van der Waals surface area contributed by atoms with Gasteiger partial charge in [0.15, 0.2) is 0 Å². The second kappa shape index (κ2) is 9.75. The summed E-state index contributed by atoms with van der Waals surface area (Å²) >= 11 is 11.2. The maximum atomic E-state index is 6.10. The van der Waals surface area contributed by atoms with E-state index in [1.54, 1.807) is 6.08 Å². The first-order valence-corrected chi connectivity index (χ1v) is 9.33. The van der Waals surface area contributed by atoms with Gasteiger partial charge in [0.2, 0.25) is 0 Å². The molecule has 0 aromatic heterocycles. The van der Waals surface area contributed by atoms with Gasteiger partial charge in [0, 0.05) is 11.6 Å². The Hall–Kier alpha value is -1.84. The van der Waals surface area contributed by atoms with Gasteiger partial charge in [0.25, 0.3) is 0 Å². The van der Waals surface area contributed by atoms with Gasteiger partial charge in [-0.3, -0.25) is 0 Å². The molecule has 0 N–H and O–H groups in total. The molecule has 2 rings (SSSR count). The van der Waals surface area contributed by atoms with Crippen molar-refractivity contribution in [2.45, 2.75) is 39.7 Å². The van der Waals surface area contributed by atoms with E-state index in [2.05, 4.69) is 13.8 Å². The Morgan fingerprint density at radius 3 is 2.35 bits per heavy atom. The Labute approximate surface area is 165 Å². The predicted molar refractivity (Wildman–Crippen MR) is 108 cm³/mol. The molecule has 0 aliphatic carbocycles. The van der Waals surface area contributed by atoms with Crippen LogP contribution in [0.1, 0.15) is 39.2 Å². The van der Waals surface area contributed by atoms with Crippen molar-refractivity contribution in [1.82, 2.24) is 0 Å². The molecule has 0 saturated heterocycles. The summed E-state index contributed by atoms with van der Waals surface area (Å²) in [5.74, 6) is 3.32. The van der Waals surface area contributed by atoms with E-state index in [4.69, 9.17) is 37.4 Å². The normalized spacial score (nSPS) is 10.8. The third kappa shape index (κ3) is 6.47. The molecule has 0 aliphatic heterocycles. The van der Waals surface area contributed by atoms with Crippen LogP contribution in [-0.2, 0) is 0 Å². The maximum Gasteiger partial charge on any atom is 0.131 e. The molecule has 3 nitrogen and oxygen atoms in total. The van der Waals surface area contributed by atoms with E-state index in [9.17, 15) is 0 Å². The van der Waals surface area contributed by atoms with Crippen LogP contribution in [0.2, 0.25) is 0 Å². The van der Waals surface area contributed by atoms with Crippen LogP contribution in [0, 0.1) is 0 Å². The molecular weight excluding hydrogens is 371 g/mol. The summed E-state index contributed by atoms with van der Waals surface area (Å²) in [5, 5.41) is 0. The first-order valence-electron chi connectivity index (χ1n) is 8.57. The van der Waals surface area contributed by atoms with Gasteiger partial charge in [-0.25, -0.2) is 0 Å². The minimum atomic E-state index is 0.114. The standard InChI is InChI=1S/C21H24Cl2O3/c1-14(2)19-13-16(24-11-10-21(22)23)8-9-20(19)26-18-7-5-6-17(12-18)25-15(3)4/h5-10,12-15H,11H2,1-4H3. The van der Waals surface area contributed by atoms with Crippen LogP contribution in [0.5, 0.6) is 23.0 Å². The van der Waals surface area contributed by atoms with Gasteiger partial charge in [-0.05, 0) is 56.2 Å². The lowest BCUT2D eigenvalue weighted by atomic mass is 10.0. The predicted octanol–water partition coefficient (Wildman–Crippen LogP) is 7.09. The van der Waals surface area contributed by atoms with Gasteiger partial charge < -0.3 is 14.2 Å². The molecule has 0 unspecified atom stereocenters. The fourth-order valence-electron chi connectivity index (χ4n) is 2.37. The summed E-state index contributed by atoms with van der Waals surface area (Å²) < 4.78 is 17.7. The zero-order chi connectivity index (χ0) is 19.1. The quantitative estimate of drug-likeness (QED) is 0.478. The summed E-state index contributed by atoms with van der Waals surface area (Å²) in [5.41, 5.74) is 1.05. The van der Waals surface area contributed by atoms with Gasteiger partial charge in [-0.15, -0.1) is 0 Å². The largest absolute Gasteiger partial charge is 0.491 e. The molecule has 0 heterocycles. The van der Waals surface area contributed by atoms with Crippen molar-refractivity contribution in [3.05, 3.63) is 58.6 Å². The minimum Gasteiger partial charge on any atom is -0.491 e. The van der Waals surface area contributed by atoms with Gasteiger partial charge in [-0.1, -0.05) is 43.1 Å². The fraction of sp³-hybridized carbons (Fsp3) is 0.333. The Kier molecular flexibility index (Phi) is 7.67. The Bertz CT molecular complexity index is 751. The van der Waals surface area contributed by atoms with Crippen LogP contribution in [0.15, 0.2) is 53.0 Å². The second-order valence-electron chi connectivity index (χ2n) is 6.40. The zero-order valence-electron chi connectivity index (χ0n) is 15.5. The van der Waals surface area contributed by atoms with Crippen LogP contribution in [0.3, 0.4) is 0 Å². The third-order valence-corrected chi connectivity index (χ3v) is 3.80. The van der Waals surface area contributed by atoms with Crippen molar-refractivity contribution >= 4 is 23.2 Å². The molecule has 0 spiro atoms. The summed E-state index contributed by atoms with van der Waals surface area (Å²) in [4.78, 5) is 0. The lowest BCUT2D eigenvalue weighted by molar-refractivity contribution is 0.241. The summed E-state index contributed by atoms with van der Waals surface area (Å²) in [7, 11) is 0. The number of benzene rings is 2. The first-order chi connectivity index (χ1) is 12.3. The van der Waals surface area contributed by atoms with Gasteiger partial charge in [-0.2, -0.15) is 0 Å². The molecule has 0 radical (unpaired) electrons. The highest BCUT2D eigenvalue weighted by atomic mass is 35.5. The van der Waals surface area contributed by atoms with Crippen LogP contribution >= 0.6 is 23.2 Å². The van der Waals surface area contributed by atoms with Crippen molar-refractivity contribution < 1.29 is 14.2 Å². The lowest BCUT2D eigenvalue weighted by Gasteiger charge is -2.16. The van der Waals surface area contributed by atoms with E-state index in [-0.39, 0.29) is 16.5 Å². The molecule has 0 amide bonds. The molecule has 0 fully saturated rings. The third-order valence-electron chi connectivity index (χ3n) is 3.50. The zero-order valence-corrected chi connectivity index (χ0v) is 17.0. The average molecular weight is 395 g/mol. The van der Waals surface area contributed by atoms with Crippen LogP contribution < -0.4 is 14.2 Å². The van der Waals surface area contributed by atoms with Gasteiger partial charge in [0.1, 0.15) is 34.1 Å². The highest BCUT2D eigenvalue weighted by Crippen LogP contribution is 2.34. The first kappa shape index (κ1) is 20.5. The maximum absolute atomic E-state index is 6.10. The molecule has 2 aromatic rings. The van der Waals surface area contributed by atoms with Crippen molar-refractivity contribution in [1.29, 1.82) is 0 Å². The molecule has 0 atom stereocenters. The number of ether oxygens (including phenoxy) is 3. The number of halogens is 2.